The fraction of sp³-hybridized carbons (Fsp3) is 0.474. The van der Waals surface area contributed by atoms with E-state index < -0.39 is 16.3 Å². The highest BCUT2D eigenvalue weighted by Gasteiger charge is 2.26. The molecule has 9 heteroatoms. The molecular weight excluding hydrogens is 364 g/mol. The van der Waals surface area contributed by atoms with Gasteiger partial charge in [-0.05, 0) is 38.5 Å². The van der Waals surface area contributed by atoms with Gasteiger partial charge in [0.05, 0.1) is 4.92 Å². The van der Waals surface area contributed by atoms with Crippen LogP contribution in [0.3, 0.4) is 0 Å². The Labute approximate surface area is 162 Å². The molecule has 1 aliphatic heterocycles. The molecule has 150 valence electrons. The first-order valence-corrected chi connectivity index (χ1v) is 9.09. The molecule has 0 radical (unpaired) electrons. The summed E-state index contributed by atoms with van der Waals surface area (Å²) in [5, 5.41) is 21.6. The SMILES string of the molecule is CC(C)(C)OC(=O)N1CCN(Cc2cnc3c(O)c([N+](=O)[O-])ccc3c2)CC1. The number of benzene rings is 1. The number of nitro groups is 1. The molecule has 0 atom stereocenters. The van der Waals surface area contributed by atoms with Gasteiger partial charge in [-0.1, -0.05) is 0 Å². The zero-order chi connectivity index (χ0) is 20.5. The van der Waals surface area contributed by atoms with Gasteiger partial charge in [-0.15, -0.1) is 0 Å². The number of phenolic OH excluding ortho intramolecular Hbond substituents is 1. The van der Waals surface area contributed by atoms with Crippen LogP contribution in [0.15, 0.2) is 24.4 Å². The first-order chi connectivity index (χ1) is 13.1. The number of pyridine rings is 1. The molecule has 3 rings (SSSR count). The van der Waals surface area contributed by atoms with Crippen molar-refractivity contribution < 1.29 is 19.6 Å². The lowest BCUT2D eigenvalue weighted by molar-refractivity contribution is -0.385. The quantitative estimate of drug-likeness (QED) is 0.636. The molecule has 1 saturated heterocycles. The number of rotatable bonds is 3. The van der Waals surface area contributed by atoms with Crippen molar-refractivity contribution in [2.24, 2.45) is 0 Å². The van der Waals surface area contributed by atoms with Crippen LogP contribution >= 0.6 is 0 Å². The van der Waals surface area contributed by atoms with E-state index in [4.69, 9.17) is 4.74 Å². The van der Waals surface area contributed by atoms with Crippen molar-refractivity contribution in [3.63, 3.8) is 0 Å². The molecule has 0 unspecified atom stereocenters. The van der Waals surface area contributed by atoms with Crippen molar-refractivity contribution in [3.8, 4) is 5.75 Å². The Morgan fingerprint density at radius 2 is 1.96 bits per heavy atom. The van der Waals surface area contributed by atoms with Crippen molar-refractivity contribution >= 4 is 22.7 Å². The Balaban J connectivity index is 1.64. The van der Waals surface area contributed by atoms with E-state index in [0.717, 1.165) is 5.56 Å². The van der Waals surface area contributed by atoms with Gasteiger partial charge in [0.1, 0.15) is 11.1 Å². The molecule has 28 heavy (non-hydrogen) atoms. The largest absolute Gasteiger partial charge is 0.501 e. The zero-order valence-corrected chi connectivity index (χ0v) is 16.2. The first kappa shape index (κ1) is 19.8. The van der Waals surface area contributed by atoms with Crippen LogP contribution < -0.4 is 0 Å². The number of carbonyl (C=O) groups is 1. The molecule has 1 aliphatic rings. The van der Waals surface area contributed by atoms with E-state index in [2.05, 4.69) is 9.88 Å². The Hall–Kier alpha value is -2.94. The third kappa shape index (κ3) is 4.48. The monoisotopic (exact) mass is 388 g/mol. The average Bonchev–Trinajstić information content (AvgIpc) is 2.61. The molecular formula is C19H24N4O5. The number of piperazine rings is 1. The van der Waals surface area contributed by atoms with Gasteiger partial charge in [0.15, 0.2) is 0 Å². The minimum atomic E-state index is -0.630. The van der Waals surface area contributed by atoms with Crippen LogP contribution in [0.25, 0.3) is 10.9 Å². The van der Waals surface area contributed by atoms with E-state index in [-0.39, 0.29) is 17.3 Å². The van der Waals surface area contributed by atoms with Crippen molar-refractivity contribution in [1.82, 2.24) is 14.8 Å². The van der Waals surface area contributed by atoms with E-state index in [9.17, 15) is 20.0 Å². The molecule has 0 saturated carbocycles. The number of amides is 1. The van der Waals surface area contributed by atoms with Crippen LogP contribution in [0.5, 0.6) is 5.75 Å². The summed E-state index contributed by atoms with van der Waals surface area (Å²) in [6, 6.07) is 4.74. The lowest BCUT2D eigenvalue weighted by Crippen LogP contribution is -2.49. The second-order valence-electron chi connectivity index (χ2n) is 7.85. The Morgan fingerprint density at radius 1 is 1.29 bits per heavy atom. The second-order valence-corrected chi connectivity index (χ2v) is 7.85. The molecule has 0 spiro atoms. The number of hydrogen-bond acceptors (Lipinski definition) is 7. The summed E-state index contributed by atoms with van der Waals surface area (Å²) in [6.07, 6.45) is 1.32. The molecule has 1 N–H and O–H groups in total. The molecule has 1 aromatic carbocycles. The number of fused-ring (bicyclic) bond motifs is 1. The van der Waals surface area contributed by atoms with Crippen LogP contribution in [0.4, 0.5) is 10.5 Å². The van der Waals surface area contributed by atoms with Crippen LogP contribution in [-0.4, -0.2) is 62.7 Å². The second kappa shape index (κ2) is 7.59. The number of ether oxygens (including phenoxy) is 1. The molecule has 0 bridgehead atoms. The maximum atomic E-state index is 12.1. The van der Waals surface area contributed by atoms with Gasteiger partial charge in [-0.3, -0.25) is 20.0 Å². The highest BCUT2D eigenvalue weighted by molar-refractivity contribution is 5.88. The summed E-state index contributed by atoms with van der Waals surface area (Å²) < 4.78 is 5.40. The van der Waals surface area contributed by atoms with E-state index in [1.54, 1.807) is 17.2 Å². The lowest BCUT2D eigenvalue weighted by Gasteiger charge is -2.35. The predicted molar refractivity (Wildman–Crippen MR) is 103 cm³/mol. The van der Waals surface area contributed by atoms with Crippen molar-refractivity contribution in [2.45, 2.75) is 32.9 Å². The summed E-state index contributed by atoms with van der Waals surface area (Å²) in [4.78, 5) is 30.5. The van der Waals surface area contributed by atoms with Crippen molar-refractivity contribution in [1.29, 1.82) is 0 Å². The highest BCUT2D eigenvalue weighted by Crippen LogP contribution is 2.33. The predicted octanol–water partition coefficient (Wildman–Crippen LogP) is 2.90. The van der Waals surface area contributed by atoms with Gasteiger partial charge in [-0.2, -0.15) is 0 Å². The summed E-state index contributed by atoms with van der Waals surface area (Å²) in [7, 11) is 0. The van der Waals surface area contributed by atoms with Crippen LogP contribution in [0, 0.1) is 10.1 Å². The third-order valence-electron chi connectivity index (χ3n) is 4.49. The van der Waals surface area contributed by atoms with Gasteiger partial charge in [0.25, 0.3) is 0 Å². The minimum absolute atomic E-state index is 0.215. The number of hydrogen-bond donors (Lipinski definition) is 1. The molecule has 1 aromatic heterocycles. The number of nitrogens with zero attached hydrogens (tertiary/aromatic N) is 4. The normalized spacial score (nSPS) is 15.6. The molecule has 2 heterocycles. The fourth-order valence-corrected chi connectivity index (χ4v) is 3.13. The Bertz CT molecular complexity index is 901. The van der Waals surface area contributed by atoms with Gasteiger partial charge < -0.3 is 14.7 Å². The van der Waals surface area contributed by atoms with Crippen LogP contribution in [0.1, 0.15) is 26.3 Å². The molecule has 9 nitrogen and oxygen atoms in total. The van der Waals surface area contributed by atoms with Gasteiger partial charge in [0, 0.05) is 50.4 Å². The molecule has 1 amide bonds. The highest BCUT2D eigenvalue weighted by atomic mass is 16.6. The van der Waals surface area contributed by atoms with Gasteiger partial charge >= 0.3 is 11.8 Å². The zero-order valence-electron chi connectivity index (χ0n) is 16.2. The smallest absolute Gasteiger partial charge is 0.410 e. The van der Waals surface area contributed by atoms with E-state index in [1.165, 1.54) is 6.07 Å². The number of carbonyl (C=O) groups excluding carboxylic acids is 1. The van der Waals surface area contributed by atoms with Crippen molar-refractivity contribution in [3.05, 3.63) is 40.1 Å². The fourth-order valence-electron chi connectivity index (χ4n) is 3.13. The number of aromatic hydroxyl groups is 1. The summed E-state index contributed by atoms with van der Waals surface area (Å²) in [5.74, 6) is -0.417. The van der Waals surface area contributed by atoms with Crippen LogP contribution in [0.2, 0.25) is 0 Å². The van der Waals surface area contributed by atoms with Gasteiger partial charge in [0.2, 0.25) is 5.75 Å². The number of phenols is 1. The lowest BCUT2D eigenvalue weighted by atomic mass is 10.1. The summed E-state index contributed by atoms with van der Waals surface area (Å²) in [5.41, 5.74) is 0.288. The van der Waals surface area contributed by atoms with Crippen LogP contribution in [-0.2, 0) is 11.3 Å². The Morgan fingerprint density at radius 3 is 2.57 bits per heavy atom. The van der Waals surface area contributed by atoms with E-state index >= 15 is 0 Å². The number of aromatic nitrogens is 1. The molecule has 2 aromatic rings. The standard InChI is InChI=1S/C19H24N4O5/c1-19(2,3)28-18(25)22-8-6-21(7-9-22)12-13-10-14-4-5-15(23(26)27)17(24)16(14)20-11-13/h4-5,10-11,24H,6-9,12H2,1-3H3. The number of nitro benzene ring substituents is 1. The summed E-state index contributed by atoms with van der Waals surface area (Å²) in [6.45, 7) is 8.78. The van der Waals surface area contributed by atoms with E-state index in [1.807, 2.05) is 26.8 Å². The maximum Gasteiger partial charge on any atom is 0.410 e. The van der Waals surface area contributed by atoms with Gasteiger partial charge in [-0.25, -0.2) is 4.79 Å². The topological polar surface area (TPSA) is 109 Å². The molecule has 0 aliphatic carbocycles. The minimum Gasteiger partial charge on any atom is -0.501 e. The first-order valence-electron chi connectivity index (χ1n) is 9.09. The third-order valence-corrected chi connectivity index (χ3v) is 4.49. The average molecular weight is 388 g/mol. The van der Waals surface area contributed by atoms with E-state index in [0.29, 0.717) is 38.1 Å². The summed E-state index contributed by atoms with van der Waals surface area (Å²) >= 11 is 0. The molecule has 1 fully saturated rings. The maximum absolute atomic E-state index is 12.1. The Kier molecular flexibility index (Phi) is 5.37. The van der Waals surface area contributed by atoms with Crippen molar-refractivity contribution in [2.75, 3.05) is 26.2 Å².